The molecule has 4 nitrogen and oxygen atoms in total. The molecule has 2 atom stereocenters. The lowest BCUT2D eigenvalue weighted by Gasteiger charge is -2.49. The standard InChI is InChI=1S/C13H14Cl2N2O2/c14-8-2-9(12(18)10(15)3-8)13(19)17-11-6-1-7(11)5-16-4-6/h2-3,6-7,11,16,18H,1,4-5H2,(H,17,19). The van der Waals surface area contributed by atoms with Gasteiger partial charge in [-0.3, -0.25) is 4.79 Å². The molecule has 1 aliphatic heterocycles. The third kappa shape index (κ3) is 2.29. The summed E-state index contributed by atoms with van der Waals surface area (Å²) < 4.78 is 0. The number of phenolic OH excluding ortho intramolecular Hbond substituents is 1. The Morgan fingerprint density at radius 3 is 2.63 bits per heavy atom. The molecule has 1 saturated carbocycles. The second kappa shape index (κ2) is 4.85. The SMILES string of the molecule is O=C(NC1C2CNCC1C2)c1cc(Cl)cc(Cl)c1O. The van der Waals surface area contributed by atoms with Crippen LogP contribution in [0.15, 0.2) is 12.1 Å². The predicted molar refractivity (Wildman–Crippen MR) is 73.8 cm³/mol. The van der Waals surface area contributed by atoms with E-state index >= 15 is 0 Å². The number of fused-ring (bicyclic) bond motifs is 2. The Morgan fingerprint density at radius 1 is 1.32 bits per heavy atom. The lowest BCUT2D eigenvalue weighted by Crippen LogP contribution is -2.63. The summed E-state index contributed by atoms with van der Waals surface area (Å²) in [6, 6.07) is 3.04. The van der Waals surface area contributed by atoms with Crippen LogP contribution in [0, 0.1) is 11.8 Å². The smallest absolute Gasteiger partial charge is 0.255 e. The molecule has 2 bridgehead atoms. The zero-order valence-corrected chi connectivity index (χ0v) is 11.6. The van der Waals surface area contributed by atoms with Gasteiger partial charge in [0.15, 0.2) is 0 Å². The first-order valence-electron chi connectivity index (χ1n) is 6.26. The lowest BCUT2D eigenvalue weighted by molar-refractivity contribution is 0.0548. The fourth-order valence-corrected chi connectivity index (χ4v) is 3.44. The molecule has 3 N–H and O–H groups in total. The van der Waals surface area contributed by atoms with Crippen molar-refractivity contribution in [2.45, 2.75) is 12.5 Å². The monoisotopic (exact) mass is 300 g/mol. The first-order valence-corrected chi connectivity index (χ1v) is 7.01. The number of phenols is 1. The zero-order valence-electron chi connectivity index (χ0n) is 10.1. The molecular formula is C13H14Cl2N2O2. The maximum Gasteiger partial charge on any atom is 0.255 e. The van der Waals surface area contributed by atoms with Gasteiger partial charge in [0.05, 0.1) is 10.6 Å². The number of aromatic hydroxyl groups is 1. The van der Waals surface area contributed by atoms with E-state index in [0.29, 0.717) is 16.9 Å². The molecule has 6 heteroatoms. The molecular weight excluding hydrogens is 287 g/mol. The Kier molecular flexibility index (Phi) is 3.33. The van der Waals surface area contributed by atoms with E-state index < -0.39 is 0 Å². The van der Waals surface area contributed by atoms with Gasteiger partial charge in [0, 0.05) is 11.1 Å². The van der Waals surface area contributed by atoms with Crippen molar-refractivity contribution in [1.82, 2.24) is 10.6 Å². The van der Waals surface area contributed by atoms with Crippen molar-refractivity contribution < 1.29 is 9.90 Å². The second-order valence-corrected chi connectivity index (χ2v) is 6.04. The number of hydrogen-bond acceptors (Lipinski definition) is 3. The molecule has 102 valence electrons. The van der Waals surface area contributed by atoms with Crippen molar-refractivity contribution >= 4 is 29.1 Å². The summed E-state index contributed by atoms with van der Waals surface area (Å²) >= 11 is 11.7. The molecule has 1 amide bonds. The minimum atomic E-state index is -0.316. The molecule has 1 aliphatic carbocycles. The van der Waals surface area contributed by atoms with Crippen molar-refractivity contribution in [3.63, 3.8) is 0 Å². The van der Waals surface area contributed by atoms with Crippen LogP contribution in [0.5, 0.6) is 5.75 Å². The van der Waals surface area contributed by atoms with Gasteiger partial charge in [0.25, 0.3) is 5.91 Å². The van der Waals surface area contributed by atoms with E-state index in [4.69, 9.17) is 23.2 Å². The fraction of sp³-hybridized carbons (Fsp3) is 0.462. The van der Waals surface area contributed by atoms with Gasteiger partial charge in [-0.1, -0.05) is 23.2 Å². The first kappa shape index (κ1) is 13.0. The van der Waals surface area contributed by atoms with Gasteiger partial charge in [-0.05, 0) is 43.5 Å². The van der Waals surface area contributed by atoms with Gasteiger partial charge in [-0.25, -0.2) is 0 Å². The maximum absolute atomic E-state index is 12.2. The minimum Gasteiger partial charge on any atom is -0.506 e. The quantitative estimate of drug-likeness (QED) is 0.783. The highest BCUT2D eigenvalue weighted by atomic mass is 35.5. The molecule has 1 aromatic rings. The number of piperidine rings is 2. The summed E-state index contributed by atoms with van der Waals surface area (Å²) in [5.74, 6) is 0.439. The van der Waals surface area contributed by atoms with Crippen LogP contribution in [0.25, 0.3) is 0 Å². The third-order valence-electron chi connectivity index (χ3n) is 4.00. The van der Waals surface area contributed by atoms with Gasteiger partial charge in [0.2, 0.25) is 0 Å². The second-order valence-electron chi connectivity index (χ2n) is 5.20. The summed E-state index contributed by atoms with van der Waals surface area (Å²) in [5.41, 5.74) is 0.135. The lowest BCUT2D eigenvalue weighted by atomic mass is 9.67. The molecule has 19 heavy (non-hydrogen) atoms. The zero-order chi connectivity index (χ0) is 13.6. The van der Waals surface area contributed by atoms with Crippen LogP contribution in [0.2, 0.25) is 10.0 Å². The average molecular weight is 301 g/mol. The van der Waals surface area contributed by atoms with E-state index in [1.807, 2.05) is 0 Å². The third-order valence-corrected chi connectivity index (χ3v) is 4.51. The van der Waals surface area contributed by atoms with Crippen molar-refractivity contribution in [3.05, 3.63) is 27.7 Å². The highest BCUT2D eigenvalue weighted by Gasteiger charge is 2.44. The Morgan fingerprint density at radius 2 is 2.00 bits per heavy atom. The molecule has 0 aromatic heterocycles. The van der Waals surface area contributed by atoms with Crippen LogP contribution in [-0.2, 0) is 0 Å². The van der Waals surface area contributed by atoms with Crippen molar-refractivity contribution in [3.8, 4) is 5.75 Å². The van der Waals surface area contributed by atoms with Gasteiger partial charge in [-0.15, -0.1) is 0 Å². The summed E-state index contributed by atoms with van der Waals surface area (Å²) in [6.45, 7) is 1.87. The number of halogens is 2. The Labute approximate surface area is 121 Å². The van der Waals surface area contributed by atoms with Crippen molar-refractivity contribution in [2.75, 3.05) is 13.1 Å². The minimum absolute atomic E-state index is 0.0909. The van der Waals surface area contributed by atoms with Gasteiger partial charge in [0.1, 0.15) is 5.75 Å². The number of amides is 1. The van der Waals surface area contributed by atoms with Crippen LogP contribution in [0.3, 0.4) is 0 Å². The van der Waals surface area contributed by atoms with Gasteiger partial charge >= 0.3 is 0 Å². The highest BCUT2D eigenvalue weighted by Crippen LogP contribution is 2.37. The van der Waals surface area contributed by atoms with E-state index in [0.717, 1.165) is 19.5 Å². The number of hydrogen-bond donors (Lipinski definition) is 3. The van der Waals surface area contributed by atoms with Crippen LogP contribution in [0.1, 0.15) is 16.8 Å². The molecule has 0 spiro atoms. The Hall–Kier alpha value is -0.970. The van der Waals surface area contributed by atoms with Crippen LogP contribution >= 0.6 is 23.2 Å². The van der Waals surface area contributed by atoms with Crippen molar-refractivity contribution in [2.24, 2.45) is 11.8 Å². The largest absolute Gasteiger partial charge is 0.506 e. The van der Waals surface area contributed by atoms with Gasteiger partial charge in [-0.2, -0.15) is 0 Å². The molecule has 0 radical (unpaired) electrons. The maximum atomic E-state index is 12.2. The summed E-state index contributed by atoms with van der Waals surface area (Å²) in [4.78, 5) is 12.2. The first-order chi connectivity index (χ1) is 9.06. The van der Waals surface area contributed by atoms with Gasteiger partial charge < -0.3 is 15.7 Å². The molecule has 2 fully saturated rings. The molecule has 1 heterocycles. The van der Waals surface area contributed by atoms with Crippen LogP contribution in [0.4, 0.5) is 0 Å². The molecule has 3 rings (SSSR count). The highest BCUT2D eigenvalue weighted by molar-refractivity contribution is 6.36. The number of carbonyl (C=O) groups excluding carboxylic acids is 1. The normalized spacial score (nSPS) is 28.6. The van der Waals surface area contributed by atoms with Crippen molar-refractivity contribution in [1.29, 1.82) is 0 Å². The number of rotatable bonds is 2. The van der Waals surface area contributed by atoms with Crippen LogP contribution < -0.4 is 10.6 Å². The number of benzene rings is 1. The molecule has 2 unspecified atom stereocenters. The van der Waals surface area contributed by atoms with E-state index in [2.05, 4.69) is 10.6 Å². The van der Waals surface area contributed by atoms with E-state index in [-0.39, 0.29) is 28.3 Å². The van der Waals surface area contributed by atoms with E-state index in [9.17, 15) is 9.90 Å². The fourth-order valence-electron chi connectivity index (χ4n) is 2.95. The molecule has 1 aromatic carbocycles. The molecule has 1 saturated heterocycles. The molecule has 2 aliphatic rings. The summed E-state index contributed by atoms with van der Waals surface area (Å²) in [7, 11) is 0. The van der Waals surface area contributed by atoms with Crippen LogP contribution in [-0.4, -0.2) is 30.1 Å². The average Bonchev–Trinajstić information content (AvgIpc) is 2.40. The number of carbonyl (C=O) groups is 1. The Balaban J connectivity index is 1.77. The van der Waals surface area contributed by atoms with E-state index in [1.165, 1.54) is 12.1 Å². The van der Waals surface area contributed by atoms with E-state index in [1.54, 1.807) is 0 Å². The summed E-state index contributed by atoms with van der Waals surface area (Å²) in [5, 5.41) is 16.6. The summed E-state index contributed by atoms with van der Waals surface area (Å²) in [6.07, 6.45) is 1.15. The topological polar surface area (TPSA) is 61.4 Å². The predicted octanol–water partition coefficient (Wildman–Crippen LogP) is 2.04. The Bertz CT molecular complexity index is 522. The number of nitrogens with one attached hydrogen (secondary N) is 2.